The highest BCUT2D eigenvalue weighted by molar-refractivity contribution is 5.89. The van der Waals surface area contributed by atoms with Crippen LogP contribution in [-0.2, 0) is 9.53 Å². The third-order valence-corrected chi connectivity index (χ3v) is 6.60. The van der Waals surface area contributed by atoms with Crippen molar-refractivity contribution in [3.63, 3.8) is 0 Å². The summed E-state index contributed by atoms with van der Waals surface area (Å²) in [7, 11) is 3.45. The fourth-order valence-corrected chi connectivity index (χ4v) is 4.94. The maximum atomic E-state index is 12.5. The molecule has 1 aromatic rings. The smallest absolute Gasteiger partial charge is 0.319 e. The number of anilines is 1. The second-order valence-electron chi connectivity index (χ2n) is 9.08. The number of nitrogens with one attached hydrogen (secondary N) is 2. The summed E-state index contributed by atoms with van der Waals surface area (Å²) >= 11 is 0. The van der Waals surface area contributed by atoms with Gasteiger partial charge in [-0.3, -0.25) is 4.79 Å². The Morgan fingerprint density at radius 1 is 1.19 bits per heavy atom. The van der Waals surface area contributed by atoms with Gasteiger partial charge in [-0.25, -0.2) is 4.79 Å². The Morgan fingerprint density at radius 2 is 1.97 bits per heavy atom. The van der Waals surface area contributed by atoms with Crippen molar-refractivity contribution >= 4 is 17.6 Å². The van der Waals surface area contributed by atoms with Crippen LogP contribution in [0.2, 0.25) is 0 Å². The Bertz CT molecular complexity index is 808. The van der Waals surface area contributed by atoms with Crippen LogP contribution in [0.3, 0.4) is 0 Å². The average molecular weight is 432 g/mol. The number of nitrogens with zero attached hydrogens (tertiary/aromatic N) is 1. The molecule has 8 nitrogen and oxygen atoms in total. The summed E-state index contributed by atoms with van der Waals surface area (Å²) < 4.78 is 12.1. The van der Waals surface area contributed by atoms with Crippen molar-refractivity contribution in [2.75, 3.05) is 26.0 Å². The van der Waals surface area contributed by atoms with Crippen molar-refractivity contribution in [3.8, 4) is 5.75 Å². The van der Waals surface area contributed by atoms with E-state index in [2.05, 4.69) is 10.6 Å². The van der Waals surface area contributed by atoms with Crippen LogP contribution in [0.25, 0.3) is 0 Å². The number of benzene rings is 1. The van der Waals surface area contributed by atoms with Crippen molar-refractivity contribution in [1.82, 2.24) is 10.2 Å². The molecule has 1 aliphatic carbocycles. The fourth-order valence-electron chi connectivity index (χ4n) is 4.94. The molecular weight excluding hydrogens is 398 g/mol. The maximum Gasteiger partial charge on any atom is 0.319 e. The van der Waals surface area contributed by atoms with Crippen LogP contribution in [0.15, 0.2) is 18.2 Å². The van der Waals surface area contributed by atoms with Gasteiger partial charge in [0.25, 0.3) is 0 Å². The van der Waals surface area contributed by atoms with E-state index >= 15 is 0 Å². The Kier molecular flexibility index (Phi) is 6.67. The molecule has 3 amide bonds. The third kappa shape index (κ3) is 4.96. The number of aliphatic hydroxyl groups is 1. The maximum absolute atomic E-state index is 12.5. The number of amides is 3. The monoisotopic (exact) mass is 431 g/mol. The molecule has 1 saturated heterocycles. The van der Waals surface area contributed by atoms with Gasteiger partial charge in [0, 0.05) is 37.3 Å². The van der Waals surface area contributed by atoms with Gasteiger partial charge in [0.15, 0.2) is 0 Å². The molecular formula is C23H33N3O5. The first-order chi connectivity index (χ1) is 14.9. The minimum atomic E-state index is -0.489. The van der Waals surface area contributed by atoms with Crippen molar-refractivity contribution in [2.45, 2.75) is 75.2 Å². The number of aliphatic hydroxyl groups excluding tert-OH is 1. The highest BCUT2D eigenvalue weighted by atomic mass is 16.6. The Morgan fingerprint density at radius 3 is 2.68 bits per heavy atom. The normalized spacial score (nSPS) is 27.6. The van der Waals surface area contributed by atoms with Crippen LogP contribution >= 0.6 is 0 Å². The zero-order chi connectivity index (χ0) is 22.0. The van der Waals surface area contributed by atoms with Gasteiger partial charge in [0.05, 0.1) is 19.1 Å². The lowest BCUT2D eigenvalue weighted by molar-refractivity contribution is -0.147. The Hall–Kier alpha value is -2.32. The van der Waals surface area contributed by atoms with Gasteiger partial charge in [0.1, 0.15) is 18.0 Å². The highest BCUT2D eigenvalue weighted by Crippen LogP contribution is 2.47. The van der Waals surface area contributed by atoms with E-state index in [0.717, 1.165) is 37.0 Å². The number of rotatable bonds is 5. The topological polar surface area (TPSA) is 100 Å². The van der Waals surface area contributed by atoms with Crippen molar-refractivity contribution in [2.24, 2.45) is 0 Å². The lowest BCUT2D eigenvalue weighted by atomic mass is 9.84. The number of hydrogen-bond acceptors (Lipinski definition) is 5. The van der Waals surface area contributed by atoms with Gasteiger partial charge in [-0.15, -0.1) is 0 Å². The zero-order valence-corrected chi connectivity index (χ0v) is 18.3. The van der Waals surface area contributed by atoms with Crippen LogP contribution in [0.4, 0.5) is 10.5 Å². The number of fused-ring (bicyclic) bond motifs is 3. The Labute approximate surface area is 183 Å². The first-order valence-electron chi connectivity index (χ1n) is 11.3. The fraction of sp³-hybridized carbons (Fsp3) is 0.652. The van der Waals surface area contributed by atoms with Gasteiger partial charge >= 0.3 is 6.03 Å². The van der Waals surface area contributed by atoms with Crippen LogP contribution in [-0.4, -0.2) is 67.0 Å². The van der Waals surface area contributed by atoms with Gasteiger partial charge in [-0.2, -0.15) is 0 Å². The summed E-state index contributed by atoms with van der Waals surface area (Å²) in [5.41, 5.74) is 1.70. The zero-order valence-electron chi connectivity index (χ0n) is 18.3. The van der Waals surface area contributed by atoms with Gasteiger partial charge in [0.2, 0.25) is 5.91 Å². The van der Waals surface area contributed by atoms with Gasteiger partial charge in [-0.1, -0.05) is 19.3 Å². The van der Waals surface area contributed by atoms with E-state index in [1.807, 2.05) is 18.2 Å². The SMILES string of the molecule is CN(C)C(=O)C[C@H]1C[C@H]2c3cc(NC(=O)NC4CCCCC4)ccc3O[C@H]2[C@H](CO)O1. The Balaban J connectivity index is 1.45. The highest BCUT2D eigenvalue weighted by Gasteiger charge is 2.46. The first-order valence-corrected chi connectivity index (χ1v) is 11.3. The number of ether oxygens (including phenoxy) is 2. The average Bonchev–Trinajstić information content (AvgIpc) is 3.11. The molecule has 2 aliphatic heterocycles. The lowest BCUT2D eigenvalue weighted by Crippen LogP contribution is -2.47. The molecule has 1 saturated carbocycles. The van der Waals surface area contributed by atoms with E-state index in [1.165, 1.54) is 6.42 Å². The van der Waals surface area contributed by atoms with Crippen LogP contribution in [0, 0.1) is 0 Å². The largest absolute Gasteiger partial charge is 0.487 e. The van der Waals surface area contributed by atoms with E-state index < -0.39 is 6.10 Å². The predicted molar refractivity (Wildman–Crippen MR) is 116 cm³/mol. The molecule has 0 bridgehead atoms. The summed E-state index contributed by atoms with van der Waals surface area (Å²) in [6.45, 7) is -0.170. The summed E-state index contributed by atoms with van der Waals surface area (Å²) in [6, 6.07) is 5.70. The summed E-state index contributed by atoms with van der Waals surface area (Å²) in [6.07, 6.45) is 5.46. The van der Waals surface area contributed by atoms with E-state index in [1.54, 1.807) is 19.0 Å². The number of urea groups is 1. The molecule has 4 rings (SSSR count). The van der Waals surface area contributed by atoms with Gasteiger partial charge in [-0.05, 0) is 37.5 Å². The minimum absolute atomic E-state index is 0.00372. The molecule has 3 aliphatic rings. The van der Waals surface area contributed by atoms with E-state index in [0.29, 0.717) is 12.1 Å². The second kappa shape index (κ2) is 9.44. The van der Waals surface area contributed by atoms with Crippen LogP contribution in [0.5, 0.6) is 5.75 Å². The molecule has 170 valence electrons. The number of hydrogen-bond donors (Lipinski definition) is 3. The predicted octanol–water partition coefficient (Wildman–Crippen LogP) is 2.61. The molecule has 8 heteroatoms. The number of carbonyl (C=O) groups excluding carboxylic acids is 2. The molecule has 3 N–H and O–H groups in total. The van der Waals surface area contributed by atoms with Gasteiger partial charge < -0.3 is 30.1 Å². The summed E-state index contributed by atoms with van der Waals surface area (Å²) in [5, 5.41) is 15.9. The quantitative estimate of drug-likeness (QED) is 0.666. The van der Waals surface area contributed by atoms with E-state index in [-0.39, 0.29) is 49.1 Å². The molecule has 0 spiro atoms. The van der Waals surface area contributed by atoms with Crippen molar-refractivity contribution in [1.29, 1.82) is 0 Å². The summed E-state index contributed by atoms with van der Waals surface area (Å²) in [5.74, 6) is 0.743. The van der Waals surface area contributed by atoms with Crippen molar-refractivity contribution < 1.29 is 24.2 Å². The minimum Gasteiger partial charge on any atom is -0.487 e. The molecule has 4 atom stereocenters. The molecule has 31 heavy (non-hydrogen) atoms. The van der Waals surface area contributed by atoms with Crippen LogP contribution < -0.4 is 15.4 Å². The molecule has 0 radical (unpaired) electrons. The van der Waals surface area contributed by atoms with E-state index in [9.17, 15) is 14.7 Å². The molecule has 0 unspecified atom stereocenters. The van der Waals surface area contributed by atoms with Crippen LogP contribution in [0.1, 0.15) is 56.4 Å². The lowest BCUT2D eigenvalue weighted by Gasteiger charge is -2.37. The standard InChI is InChI=1S/C23H33N3O5/c1-26(2)21(28)12-16-11-18-17-10-15(25-23(29)24-14-6-4-3-5-7-14)8-9-19(17)31-22(18)20(13-27)30-16/h8-10,14,16,18,20,22,27H,3-7,11-13H2,1-2H3,(H2,24,25,29)/t16-,18+,20+,22-/m1/s1. The first kappa shape index (κ1) is 21.9. The molecule has 2 heterocycles. The molecule has 2 fully saturated rings. The molecule has 1 aromatic carbocycles. The van der Waals surface area contributed by atoms with Crippen molar-refractivity contribution in [3.05, 3.63) is 23.8 Å². The second-order valence-corrected chi connectivity index (χ2v) is 9.08. The number of carbonyl (C=O) groups is 2. The van der Waals surface area contributed by atoms with E-state index in [4.69, 9.17) is 9.47 Å². The molecule has 0 aromatic heterocycles. The third-order valence-electron chi connectivity index (χ3n) is 6.60. The summed E-state index contributed by atoms with van der Waals surface area (Å²) in [4.78, 5) is 26.2.